The van der Waals surface area contributed by atoms with Crippen LogP contribution in [0, 0.1) is 6.92 Å². The van der Waals surface area contributed by atoms with Crippen molar-refractivity contribution in [2.24, 2.45) is 0 Å². The molecular weight excluding hydrogens is 320 g/mol. The number of hydrogen-bond donors (Lipinski definition) is 2. The normalized spacial score (nSPS) is 17.6. The van der Waals surface area contributed by atoms with Crippen molar-refractivity contribution in [2.45, 2.75) is 37.0 Å². The van der Waals surface area contributed by atoms with Gasteiger partial charge < -0.3 is 10.6 Å². The van der Waals surface area contributed by atoms with Crippen LogP contribution in [-0.4, -0.2) is 17.1 Å². The van der Waals surface area contributed by atoms with Crippen LogP contribution in [0.15, 0.2) is 47.4 Å². The molecule has 0 fully saturated rings. The van der Waals surface area contributed by atoms with E-state index >= 15 is 0 Å². The number of anilines is 1. The molecule has 1 heterocycles. The van der Waals surface area contributed by atoms with Gasteiger partial charge in [0.1, 0.15) is 0 Å². The molecule has 2 unspecified atom stereocenters. The molecule has 124 valence electrons. The van der Waals surface area contributed by atoms with Crippen molar-refractivity contribution < 1.29 is 9.59 Å². The lowest BCUT2D eigenvalue weighted by Gasteiger charge is -2.22. The SMILES string of the molecule is Cc1ccc(C(C)NC(=O)c2ccc3c(c2)NC(=O)C(C)S3)cc1. The Hall–Kier alpha value is -2.27. The first-order valence-corrected chi connectivity index (χ1v) is 8.81. The minimum absolute atomic E-state index is 0.0296. The lowest BCUT2D eigenvalue weighted by atomic mass is 10.1. The fourth-order valence-electron chi connectivity index (χ4n) is 2.57. The van der Waals surface area contributed by atoms with Crippen molar-refractivity contribution in [3.05, 3.63) is 59.2 Å². The molecule has 24 heavy (non-hydrogen) atoms. The number of hydrogen-bond acceptors (Lipinski definition) is 3. The van der Waals surface area contributed by atoms with Crippen LogP contribution in [0.2, 0.25) is 0 Å². The van der Waals surface area contributed by atoms with Crippen molar-refractivity contribution in [1.82, 2.24) is 5.32 Å². The number of rotatable bonds is 3. The van der Waals surface area contributed by atoms with Crippen LogP contribution in [0.1, 0.15) is 41.4 Å². The van der Waals surface area contributed by atoms with Gasteiger partial charge in [0, 0.05) is 10.5 Å². The lowest BCUT2D eigenvalue weighted by molar-refractivity contribution is -0.115. The minimum atomic E-state index is -0.149. The molecule has 2 aromatic carbocycles. The van der Waals surface area contributed by atoms with Crippen molar-refractivity contribution in [3.8, 4) is 0 Å². The summed E-state index contributed by atoms with van der Waals surface area (Å²) in [7, 11) is 0. The molecule has 0 radical (unpaired) electrons. The van der Waals surface area contributed by atoms with Crippen molar-refractivity contribution in [3.63, 3.8) is 0 Å². The van der Waals surface area contributed by atoms with Crippen LogP contribution in [0.3, 0.4) is 0 Å². The summed E-state index contributed by atoms with van der Waals surface area (Å²) < 4.78 is 0. The highest BCUT2D eigenvalue weighted by atomic mass is 32.2. The molecule has 0 bridgehead atoms. The summed E-state index contributed by atoms with van der Waals surface area (Å²) in [6.45, 7) is 5.86. The zero-order chi connectivity index (χ0) is 17.3. The summed E-state index contributed by atoms with van der Waals surface area (Å²) in [6.07, 6.45) is 0. The smallest absolute Gasteiger partial charge is 0.251 e. The average Bonchev–Trinajstić information content (AvgIpc) is 2.56. The van der Waals surface area contributed by atoms with Gasteiger partial charge in [-0.3, -0.25) is 9.59 Å². The number of aryl methyl sites for hydroxylation is 1. The van der Waals surface area contributed by atoms with Gasteiger partial charge in [-0.1, -0.05) is 29.8 Å². The fraction of sp³-hybridized carbons (Fsp3) is 0.263. The van der Waals surface area contributed by atoms with Crippen LogP contribution in [-0.2, 0) is 4.79 Å². The van der Waals surface area contributed by atoms with Crippen molar-refractivity contribution >= 4 is 29.3 Å². The number of nitrogens with one attached hydrogen (secondary N) is 2. The Morgan fingerprint density at radius 3 is 2.62 bits per heavy atom. The number of thioether (sulfide) groups is 1. The van der Waals surface area contributed by atoms with E-state index < -0.39 is 0 Å². The molecule has 5 heteroatoms. The van der Waals surface area contributed by atoms with E-state index in [1.807, 2.05) is 51.1 Å². The third kappa shape index (κ3) is 3.46. The quantitative estimate of drug-likeness (QED) is 0.890. The highest BCUT2D eigenvalue weighted by Crippen LogP contribution is 2.36. The minimum Gasteiger partial charge on any atom is -0.346 e. The highest BCUT2D eigenvalue weighted by molar-refractivity contribution is 8.00. The number of benzene rings is 2. The number of carbonyl (C=O) groups is 2. The fourth-order valence-corrected chi connectivity index (χ4v) is 3.50. The van der Waals surface area contributed by atoms with Gasteiger partial charge in [0.25, 0.3) is 5.91 Å². The van der Waals surface area contributed by atoms with Crippen molar-refractivity contribution in [2.75, 3.05) is 5.32 Å². The molecule has 0 saturated heterocycles. The van der Waals surface area contributed by atoms with Gasteiger partial charge in [0.15, 0.2) is 0 Å². The number of fused-ring (bicyclic) bond motifs is 1. The number of carbonyl (C=O) groups excluding carboxylic acids is 2. The van der Waals surface area contributed by atoms with Crippen LogP contribution >= 0.6 is 11.8 Å². The maximum Gasteiger partial charge on any atom is 0.251 e. The van der Waals surface area contributed by atoms with Gasteiger partial charge in [-0.25, -0.2) is 0 Å². The molecule has 1 aliphatic rings. The third-order valence-corrected chi connectivity index (χ3v) is 5.28. The average molecular weight is 340 g/mol. The molecule has 2 amide bonds. The predicted octanol–water partition coefficient (Wildman–Crippen LogP) is 3.92. The summed E-state index contributed by atoms with van der Waals surface area (Å²) in [5, 5.41) is 5.74. The Morgan fingerprint density at radius 1 is 1.21 bits per heavy atom. The Morgan fingerprint density at radius 2 is 1.92 bits per heavy atom. The van der Waals surface area contributed by atoms with Crippen LogP contribution in [0.25, 0.3) is 0 Å². The first-order chi connectivity index (χ1) is 11.4. The number of amides is 2. The zero-order valence-electron chi connectivity index (χ0n) is 13.9. The second-order valence-corrected chi connectivity index (χ2v) is 7.45. The first kappa shape index (κ1) is 16.6. The van der Waals surface area contributed by atoms with E-state index in [0.29, 0.717) is 11.3 Å². The molecular formula is C19H20N2O2S. The van der Waals surface area contributed by atoms with Gasteiger partial charge >= 0.3 is 0 Å². The van der Waals surface area contributed by atoms with Gasteiger partial charge in [0.05, 0.1) is 17.0 Å². The largest absolute Gasteiger partial charge is 0.346 e. The molecule has 4 nitrogen and oxygen atoms in total. The monoisotopic (exact) mass is 340 g/mol. The molecule has 2 N–H and O–H groups in total. The third-order valence-electron chi connectivity index (χ3n) is 4.10. The van der Waals surface area contributed by atoms with E-state index in [0.717, 1.165) is 10.5 Å². The van der Waals surface area contributed by atoms with Gasteiger partial charge in [-0.2, -0.15) is 0 Å². The van der Waals surface area contributed by atoms with Crippen molar-refractivity contribution in [1.29, 1.82) is 0 Å². The second-order valence-electron chi connectivity index (χ2n) is 6.07. The summed E-state index contributed by atoms with van der Waals surface area (Å²) in [6, 6.07) is 13.4. The summed E-state index contributed by atoms with van der Waals surface area (Å²) >= 11 is 1.51. The Kier molecular flexibility index (Phi) is 4.62. The Balaban J connectivity index is 1.75. The predicted molar refractivity (Wildman–Crippen MR) is 97.5 cm³/mol. The van der Waals surface area contributed by atoms with Gasteiger partial charge in [0.2, 0.25) is 5.91 Å². The highest BCUT2D eigenvalue weighted by Gasteiger charge is 2.24. The molecule has 2 atom stereocenters. The van der Waals surface area contributed by atoms with Crippen LogP contribution in [0.5, 0.6) is 0 Å². The standard InChI is InChI=1S/C19H20N2O2S/c1-11-4-6-14(7-5-11)12(2)20-19(23)15-8-9-17-16(10-15)21-18(22)13(3)24-17/h4-10,12-13H,1-3H3,(H,20,23)(H,21,22). The van der Waals surface area contributed by atoms with E-state index in [1.54, 1.807) is 12.1 Å². The Bertz CT molecular complexity index is 786. The van der Waals surface area contributed by atoms with Gasteiger partial charge in [-0.05, 0) is 44.5 Å². The van der Waals surface area contributed by atoms with Crippen LogP contribution in [0.4, 0.5) is 5.69 Å². The van der Waals surface area contributed by atoms with E-state index in [1.165, 1.54) is 17.3 Å². The Labute approximate surface area is 146 Å². The molecule has 0 saturated carbocycles. The van der Waals surface area contributed by atoms with E-state index in [2.05, 4.69) is 10.6 Å². The summed E-state index contributed by atoms with van der Waals surface area (Å²) in [5.74, 6) is -0.179. The lowest BCUT2D eigenvalue weighted by Crippen LogP contribution is -2.28. The molecule has 0 spiro atoms. The molecule has 0 aromatic heterocycles. The second kappa shape index (κ2) is 6.69. The molecule has 3 rings (SSSR count). The topological polar surface area (TPSA) is 58.2 Å². The maximum absolute atomic E-state index is 12.5. The van der Waals surface area contributed by atoms with Gasteiger partial charge in [-0.15, -0.1) is 11.8 Å². The summed E-state index contributed by atoms with van der Waals surface area (Å²) in [5.41, 5.74) is 3.50. The maximum atomic E-state index is 12.5. The molecule has 2 aromatic rings. The zero-order valence-corrected chi connectivity index (χ0v) is 14.7. The first-order valence-electron chi connectivity index (χ1n) is 7.93. The summed E-state index contributed by atoms with van der Waals surface area (Å²) in [4.78, 5) is 25.3. The van der Waals surface area contributed by atoms with E-state index in [4.69, 9.17) is 0 Å². The van der Waals surface area contributed by atoms with E-state index in [9.17, 15) is 9.59 Å². The molecule has 0 aliphatic carbocycles. The van der Waals surface area contributed by atoms with Crippen LogP contribution < -0.4 is 10.6 Å². The molecule has 1 aliphatic heterocycles. The van der Waals surface area contributed by atoms with E-state index in [-0.39, 0.29) is 23.1 Å².